The quantitative estimate of drug-likeness (QED) is 0.444. The molecule has 0 atom stereocenters. The van der Waals surface area contributed by atoms with Gasteiger partial charge in [-0.1, -0.05) is 32.6 Å². The third-order valence-corrected chi connectivity index (χ3v) is 4.19. The Morgan fingerprint density at radius 1 is 0.905 bits per heavy atom. The van der Waals surface area contributed by atoms with E-state index in [1.807, 2.05) is 0 Å². The maximum Gasteiger partial charge on any atom is 0.0443 e. The Morgan fingerprint density at radius 3 is 2.24 bits per heavy atom. The molecule has 4 heteroatoms. The van der Waals surface area contributed by atoms with Crippen molar-refractivity contribution in [3.8, 4) is 0 Å². The molecule has 0 aromatic heterocycles. The van der Waals surface area contributed by atoms with Gasteiger partial charge in [0.05, 0.1) is 0 Å². The summed E-state index contributed by atoms with van der Waals surface area (Å²) in [4.78, 5) is 9.50. The van der Waals surface area contributed by atoms with Gasteiger partial charge in [0.1, 0.15) is 0 Å². The Balaban J connectivity index is 1.92. The van der Waals surface area contributed by atoms with E-state index in [1.54, 1.807) is 0 Å². The molecule has 0 bridgehead atoms. The molecule has 1 saturated heterocycles. The van der Waals surface area contributed by atoms with Crippen LogP contribution < -0.4 is 0 Å². The SMILES string of the molecule is CCCCCCCN=CCCN1CCN(CCCO)CC1. The number of nitrogens with zero attached hydrogens (tertiary/aromatic N) is 3. The van der Waals surface area contributed by atoms with Gasteiger partial charge in [0.15, 0.2) is 0 Å². The number of hydrogen-bond acceptors (Lipinski definition) is 4. The van der Waals surface area contributed by atoms with Crippen molar-refractivity contribution in [2.24, 2.45) is 4.99 Å². The van der Waals surface area contributed by atoms with E-state index >= 15 is 0 Å². The highest BCUT2D eigenvalue weighted by Crippen LogP contribution is 2.03. The van der Waals surface area contributed by atoms with Crippen molar-refractivity contribution in [3.05, 3.63) is 0 Å². The smallest absolute Gasteiger partial charge is 0.0443 e. The minimum absolute atomic E-state index is 0.315. The fourth-order valence-corrected chi connectivity index (χ4v) is 2.76. The summed E-state index contributed by atoms with van der Waals surface area (Å²) in [7, 11) is 0. The van der Waals surface area contributed by atoms with Crippen LogP contribution in [0.15, 0.2) is 4.99 Å². The number of rotatable bonds is 12. The zero-order valence-electron chi connectivity index (χ0n) is 14.0. The molecule has 0 aromatic carbocycles. The molecular formula is C17H35N3O. The first-order valence-corrected chi connectivity index (χ1v) is 8.90. The van der Waals surface area contributed by atoms with E-state index < -0.39 is 0 Å². The van der Waals surface area contributed by atoms with Gasteiger partial charge in [-0.05, 0) is 25.5 Å². The topological polar surface area (TPSA) is 39.1 Å². The van der Waals surface area contributed by atoms with E-state index in [2.05, 4.69) is 27.9 Å². The average Bonchev–Trinajstić information content (AvgIpc) is 2.52. The van der Waals surface area contributed by atoms with Crippen LogP contribution >= 0.6 is 0 Å². The lowest BCUT2D eigenvalue weighted by molar-refractivity contribution is 0.127. The average molecular weight is 297 g/mol. The maximum absolute atomic E-state index is 8.84. The van der Waals surface area contributed by atoms with Crippen molar-refractivity contribution < 1.29 is 5.11 Å². The van der Waals surface area contributed by atoms with Crippen LogP contribution in [0.5, 0.6) is 0 Å². The summed E-state index contributed by atoms with van der Waals surface area (Å²) >= 11 is 0. The molecule has 0 spiro atoms. The van der Waals surface area contributed by atoms with Crippen LogP contribution in [-0.4, -0.2) is 73.5 Å². The van der Waals surface area contributed by atoms with Crippen molar-refractivity contribution in [2.45, 2.75) is 51.9 Å². The number of aliphatic imine (C=N–C) groups is 1. The molecule has 124 valence electrons. The van der Waals surface area contributed by atoms with E-state index in [0.717, 1.165) is 58.7 Å². The molecule has 0 saturated carbocycles. The van der Waals surface area contributed by atoms with Crippen LogP contribution in [0.1, 0.15) is 51.9 Å². The number of hydrogen-bond donors (Lipinski definition) is 1. The van der Waals surface area contributed by atoms with Gasteiger partial charge in [-0.15, -0.1) is 0 Å². The van der Waals surface area contributed by atoms with Gasteiger partial charge in [0.2, 0.25) is 0 Å². The second-order valence-corrected chi connectivity index (χ2v) is 6.05. The van der Waals surface area contributed by atoms with Crippen LogP contribution in [0.2, 0.25) is 0 Å². The molecule has 1 rings (SSSR count). The molecule has 1 N–H and O–H groups in total. The summed E-state index contributed by atoms with van der Waals surface area (Å²) in [5.41, 5.74) is 0. The summed E-state index contributed by atoms with van der Waals surface area (Å²) in [5, 5.41) is 8.84. The molecule has 0 aromatic rings. The number of piperazine rings is 1. The monoisotopic (exact) mass is 297 g/mol. The molecule has 1 fully saturated rings. The summed E-state index contributed by atoms with van der Waals surface area (Å²) in [6.07, 6.45) is 10.8. The van der Waals surface area contributed by atoms with Gasteiger partial charge in [0.25, 0.3) is 0 Å². The zero-order chi connectivity index (χ0) is 15.2. The molecule has 1 aliphatic heterocycles. The Labute approximate surface area is 131 Å². The largest absolute Gasteiger partial charge is 0.396 e. The lowest BCUT2D eigenvalue weighted by Crippen LogP contribution is -2.46. The number of unbranched alkanes of at least 4 members (excludes halogenated alkanes) is 4. The number of aliphatic hydroxyl groups excluding tert-OH is 1. The fraction of sp³-hybridized carbons (Fsp3) is 0.941. The van der Waals surface area contributed by atoms with Crippen LogP contribution in [0.25, 0.3) is 0 Å². The highest BCUT2D eigenvalue weighted by molar-refractivity contribution is 5.57. The third kappa shape index (κ3) is 9.99. The molecule has 1 aliphatic rings. The van der Waals surface area contributed by atoms with Gasteiger partial charge in [-0.3, -0.25) is 4.99 Å². The lowest BCUT2D eigenvalue weighted by atomic mass is 10.2. The van der Waals surface area contributed by atoms with E-state index in [1.165, 1.54) is 32.1 Å². The zero-order valence-corrected chi connectivity index (χ0v) is 14.0. The fourth-order valence-electron chi connectivity index (χ4n) is 2.76. The summed E-state index contributed by atoms with van der Waals surface area (Å²) < 4.78 is 0. The maximum atomic E-state index is 8.84. The summed E-state index contributed by atoms with van der Waals surface area (Å²) in [6.45, 7) is 10.4. The van der Waals surface area contributed by atoms with Crippen LogP contribution in [0, 0.1) is 0 Å². The van der Waals surface area contributed by atoms with Crippen LogP contribution in [-0.2, 0) is 0 Å². The Bertz CT molecular complexity index is 250. The first kappa shape index (κ1) is 18.6. The van der Waals surface area contributed by atoms with Gasteiger partial charge >= 0.3 is 0 Å². The normalized spacial score (nSPS) is 17.8. The highest BCUT2D eigenvalue weighted by Gasteiger charge is 2.15. The molecule has 1 heterocycles. The molecule has 21 heavy (non-hydrogen) atoms. The highest BCUT2D eigenvalue weighted by atomic mass is 16.3. The Hall–Kier alpha value is -0.450. The van der Waals surface area contributed by atoms with Gasteiger partial charge in [-0.25, -0.2) is 0 Å². The van der Waals surface area contributed by atoms with Crippen LogP contribution in [0.3, 0.4) is 0 Å². The molecule has 4 nitrogen and oxygen atoms in total. The summed E-state index contributed by atoms with van der Waals surface area (Å²) in [5.74, 6) is 0. The Morgan fingerprint density at radius 2 is 1.57 bits per heavy atom. The van der Waals surface area contributed by atoms with Gasteiger partial charge < -0.3 is 14.9 Å². The molecule has 0 radical (unpaired) electrons. The van der Waals surface area contributed by atoms with Crippen molar-refractivity contribution in [1.82, 2.24) is 9.80 Å². The van der Waals surface area contributed by atoms with Crippen molar-refractivity contribution >= 4 is 6.21 Å². The molecule has 0 aliphatic carbocycles. The second-order valence-electron chi connectivity index (χ2n) is 6.05. The number of aliphatic hydroxyl groups is 1. The van der Waals surface area contributed by atoms with Crippen molar-refractivity contribution in [1.29, 1.82) is 0 Å². The van der Waals surface area contributed by atoms with Crippen LogP contribution in [0.4, 0.5) is 0 Å². The van der Waals surface area contributed by atoms with Crippen molar-refractivity contribution in [3.63, 3.8) is 0 Å². The first-order chi connectivity index (χ1) is 10.4. The van der Waals surface area contributed by atoms with E-state index in [0.29, 0.717) is 6.61 Å². The molecule has 0 unspecified atom stereocenters. The third-order valence-electron chi connectivity index (χ3n) is 4.19. The van der Waals surface area contributed by atoms with Crippen molar-refractivity contribution in [2.75, 3.05) is 52.4 Å². The minimum Gasteiger partial charge on any atom is -0.396 e. The first-order valence-electron chi connectivity index (χ1n) is 8.90. The second kappa shape index (κ2) is 13.2. The van der Waals surface area contributed by atoms with E-state index in [-0.39, 0.29) is 0 Å². The standard InChI is InChI=1S/C17H35N3O/c1-2-3-4-5-6-9-18-10-7-11-19-13-15-20(16-14-19)12-8-17-21/h10,21H,2-9,11-17H2,1H3. The molecule has 0 amide bonds. The Kier molecular flexibility index (Phi) is 11.7. The minimum atomic E-state index is 0.315. The predicted molar refractivity (Wildman–Crippen MR) is 91.3 cm³/mol. The lowest BCUT2D eigenvalue weighted by Gasteiger charge is -2.34. The molecular weight excluding hydrogens is 262 g/mol. The van der Waals surface area contributed by atoms with Gasteiger partial charge in [-0.2, -0.15) is 0 Å². The van der Waals surface area contributed by atoms with E-state index in [9.17, 15) is 0 Å². The van der Waals surface area contributed by atoms with Gasteiger partial charge in [0, 0.05) is 52.4 Å². The van der Waals surface area contributed by atoms with E-state index in [4.69, 9.17) is 5.11 Å². The summed E-state index contributed by atoms with van der Waals surface area (Å²) in [6, 6.07) is 0. The predicted octanol–water partition coefficient (Wildman–Crippen LogP) is 2.42.